The topological polar surface area (TPSA) is 102 Å². The van der Waals surface area contributed by atoms with Gasteiger partial charge in [0, 0.05) is 36.0 Å². The highest BCUT2D eigenvalue weighted by Crippen LogP contribution is 2.29. The molecule has 1 aliphatic rings. The zero-order valence-corrected chi connectivity index (χ0v) is 18.2. The van der Waals surface area contributed by atoms with Crippen molar-refractivity contribution in [2.75, 3.05) is 23.9 Å². The van der Waals surface area contributed by atoms with Gasteiger partial charge < -0.3 is 15.0 Å². The standard InChI is InChI=1S/C24H22N6O3/c1-15-26-27-22-10-9-21(28-30(15)22)16-5-3-6-18(11-16)25-24(32)17-12-23(31)29(14-17)19-7-4-8-20(13-19)33-2/h3-11,13,17H,12,14H2,1-2H3,(H,25,32). The Balaban J connectivity index is 1.32. The van der Waals surface area contributed by atoms with Crippen molar-refractivity contribution >= 4 is 28.8 Å². The van der Waals surface area contributed by atoms with Crippen LogP contribution in [0.3, 0.4) is 0 Å². The second-order valence-electron chi connectivity index (χ2n) is 7.91. The van der Waals surface area contributed by atoms with Crippen LogP contribution in [0.25, 0.3) is 16.9 Å². The number of amides is 2. The molecule has 1 fully saturated rings. The molecule has 1 aliphatic heterocycles. The van der Waals surface area contributed by atoms with Crippen molar-refractivity contribution in [3.05, 3.63) is 66.5 Å². The number of nitrogens with one attached hydrogen (secondary N) is 1. The Hall–Kier alpha value is -4.27. The highest BCUT2D eigenvalue weighted by atomic mass is 16.5. The molecule has 9 nitrogen and oxygen atoms in total. The van der Waals surface area contributed by atoms with E-state index in [9.17, 15) is 9.59 Å². The van der Waals surface area contributed by atoms with Crippen LogP contribution in [0, 0.1) is 12.8 Å². The van der Waals surface area contributed by atoms with Crippen LogP contribution in [0.5, 0.6) is 5.75 Å². The quantitative estimate of drug-likeness (QED) is 0.510. The van der Waals surface area contributed by atoms with Crippen molar-refractivity contribution in [1.82, 2.24) is 19.8 Å². The summed E-state index contributed by atoms with van der Waals surface area (Å²) in [5.41, 5.74) is 3.63. The molecule has 2 aromatic carbocycles. The maximum absolute atomic E-state index is 12.9. The second-order valence-corrected chi connectivity index (χ2v) is 7.91. The van der Waals surface area contributed by atoms with Crippen LogP contribution in [0.15, 0.2) is 60.7 Å². The van der Waals surface area contributed by atoms with Gasteiger partial charge in [0.05, 0.1) is 18.7 Å². The van der Waals surface area contributed by atoms with Crippen LogP contribution in [-0.2, 0) is 9.59 Å². The number of ether oxygens (including phenoxy) is 1. The number of aryl methyl sites for hydroxylation is 1. The van der Waals surface area contributed by atoms with Crippen LogP contribution in [0.4, 0.5) is 11.4 Å². The summed E-state index contributed by atoms with van der Waals surface area (Å²) >= 11 is 0. The van der Waals surface area contributed by atoms with Crippen molar-refractivity contribution in [2.24, 2.45) is 5.92 Å². The van der Waals surface area contributed by atoms with E-state index in [-0.39, 0.29) is 18.2 Å². The molecule has 166 valence electrons. The van der Waals surface area contributed by atoms with E-state index in [0.717, 1.165) is 16.9 Å². The van der Waals surface area contributed by atoms with E-state index in [1.807, 2.05) is 61.5 Å². The SMILES string of the molecule is COc1cccc(N2CC(C(=O)Nc3cccc(-c4ccc5nnc(C)n5n4)c3)CC2=O)c1. The van der Waals surface area contributed by atoms with Gasteiger partial charge in [-0.05, 0) is 43.3 Å². The molecule has 0 saturated carbocycles. The summed E-state index contributed by atoms with van der Waals surface area (Å²) in [4.78, 5) is 27.1. The van der Waals surface area contributed by atoms with E-state index in [4.69, 9.17) is 4.74 Å². The van der Waals surface area contributed by atoms with E-state index in [2.05, 4.69) is 20.6 Å². The average Bonchev–Trinajstić information content (AvgIpc) is 3.41. The third-order valence-electron chi connectivity index (χ3n) is 5.71. The maximum Gasteiger partial charge on any atom is 0.229 e. The maximum atomic E-state index is 12.9. The number of carbonyl (C=O) groups excluding carboxylic acids is 2. The summed E-state index contributed by atoms with van der Waals surface area (Å²) in [6.45, 7) is 2.16. The highest BCUT2D eigenvalue weighted by molar-refractivity contribution is 6.03. The minimum Gasteiger partial charge on any atom is -0.497 e. The molecule has 2 amide bonds. The highest BCUT2D eigenvalue weighted by Gasteiger charge is 2.35. The molecule has 4 aromatic rings. The van der Waals surface area contributed by atoms with E-state index in [0.29, 0.717) is 29.5 Å². The van der Waals surface area contributed by atoms with Crippen LogP contribution in [0.1, 0.15) is 12.2 Å². The van der Waals surface area contributed by atoms with Gasteiger partial charge in [0.15, 0.2) is 11.5 Å². The summed E-state index contributed by atoms with van der Waals surface area (Å²) in [5.74, 6) is 0.644. The Morgan fingerprint density at radius 1 is 1.09 bits per heavy atom. The molecule has 5 rings (SSSR count). The van der Waals surface area contributed by atoms with E-state index in [1.165, 1.54) is 0 Å². The second kappa shape index (κ2) is 8.34. The van der Waals surface area contributed by atoms with Crippen molar-refractivity contribution < 1.29 is 14.3 Å². The first-order valence-corrected chi connectivity index (χ1v) is 10.6. The van der Waals surface area contributed by atoms with Gasteiger partial charge in [0.2, 0.25) is 11.8 Å². The third kappa shape index (κ3) is 4.00. The minimum atomic E-state index is -0.443. The van der Waals surface area contributed by atoms with Crippen LogP contribution < -0.4 is 15.0 Å². The lowest BCUT2D eigenvalue weighted by Gasteiger charge is -2.17. The summed E-state index contributed by atoms with van der Waals surface area (Å²) < 4.78 is 6.92. The first-order chi connectivity index (χ1) is 16.0. The first kappa shape index (κ1) is 20.6. The Kier molecular flexibility index (Phi) is 5.21. The molecule has 0 aliphatic carbocycles. The average molecular weight is 442 g/mol. The van der Waals surface area contributed by atoms with Crippen molar-refractivity contribution in [3.8, 4) is 17.0 Å². The van der Waals surface area contributed by atoms with Gasteiger partial charge >= 0.3 is 0 Å². The largest absolute Gasteiger partial charge is 0.497 e. The Morgan fingerprint density at radius 3 is 2.79 bits per heavy atom. The zero-order chi connectivity index (χ0) is 22.9. The molecule has 1 atom stereocenters. The molecule has 1 saturated heterocycles. The number of aromatic nitrogens is 4. The number of nitrogens with zero attached hydrogens (tertiary/aromatic N) is 5. The summed E-state index contributed by atoms with van der Waals surface area (Å²) in [6, 6.07) is 18.5. The number of fused-ring (bicyclic) bond motifs is 1. The van der Waals surface area contributed by atoms with Gasteiger partial charge in [-0.2, -0.15) is 9.61 Å². The lowest BCUT2D eigenvalue weighted by molar-refractivity contribution is -0.122. The third-order valence-corrected chi connectivity index (χ3v) is 5.71. The molecular weight excluding hydrogens is 420 g/mol. The van der Waals surface area contributed by atoms with Gasteiger partial charge in [0.1, 0.15) is 5.75 Å². The lowest BCUT2D eigenvalue weighted by Crippen LogP contribution is -2.28. The molecule has 2 aromatic heterocycles. The van der Waals surface area contributed by atoms with Crippen LogP contribution >= 0.6 is 0 Å². The van der Waals surface area contributed by atoms with Crippen molar-refractivity contribution in [3.63, 3.8) is 0 Å². The van der Waals surface area contributed by atoms with Crippen LogP contribution in [-0.4, -0.2) is 45.3 Å². The monoisotopic (exact) mass is 442 g/mol. The lowest BCUT2D eigenvalue weighted by atomic mass is 10.1. The Labute approximate surface area is 190 Å². The molecule has 9 heteroatoms. The molecule has 0 bridgehead atoms. The Bertz CT molecular complexity index is 1370. The van der Waals surface area contributed by atoms with E-state index in [1.54, 1.807) is 22.6 Å². The molecule has 0 radical (unpaired) electrons. The van der Waals surface area contributed by atoms with Crippen LogP contribution in [0.2, 0.25) is 0 Å². The van der Waals surface area contributed by atoms with Gasteiger partial charge in [0.25, 0.3) is 0 Å². The number of methoxy groups -OCH3 is 1. The van der Waals surface area contributed by atoms with Gasteiger partial charge in [-0.25, -0.2) is 0 Å². The van der Waals surface area contributed by atoms with Gasteiger partial charge in [-0.3, -0.25) is 9.59 Å². The number of hydrogen-bond donors (Lipinski definition) is 1. The number of carbonyl (C=O) groups is 2. The number of benzene rings is 2. The Morgan fingerprint density at radius 2 is 1.94 bits per heavy atom. The van der Waals surface area contributed by atoms with Crippen molar-refractivity contribution in [2.45, 2.75) is 13.3 Å². The zero-order valence-electron chi connectivity index (χ0n) is 18.2. The first-order valence-electron chi connectivity index (χ1n) is 10.6. The summed E-state index contributed by atoms with van der Waals surface area (Å²) in [7, 11) is 1.58. The normalized spacial score (nSPS) is 15.8. The molecule has 1 N–H and O–H groups in total. The van der Waals surface area contributed by atoms with Gasteiger partial charge in [-0.1, -0.05) is 18.2 Å². The molecule has 3 heterocycles. The molecular formula is C24H22N6O3. The smallest absolute Gasteiger partial charge is 0.229 e. The molecule has 0 spiro atoms. The van der Waals surface area contributed by atoms with Gasteiger partial charge in [-0.15, -0.1) is 10.2 Å². The number of rotatable bonds is 5. The summed E-state index contributed by atoms with van der Waals surface area (Å²) in [5, 5.41) is 15.6. The molecule has 1 unspecified atom stereocenters. The van der Waals surface area contributed by atoms with Crippen molar-refractivity contribution in [1.29, 1.82) is 0 Å². The predicted molar refractivity (Wildman–Crippen MR) is 123 cm³/mol. The predicted octanol–water partition coefficient (Wildman–Crippen LogP) is 3.10. The van der Waals surface area contributed by atoms with E-state index >= 15 is 0 Å². The minimum absolute atomic E-state index is 0.0843. The fourth-order valence-corrected chi connectivity index (χ4v) is 3.96. The van der Waals surface area contributed by atoms with E-state index < -0.39 is 5.92 Å². The number of anilines is 2. The fourth-order valence-electron chi connectivity index (χ4n) is 3.96. The summed E-state index contributed by atoms with van der Waals surface area (Å²) in [6.07, 6.45) is 0.161. The number of hydrogen-bond acceptors (Lipinski definition) is 6. The molecule has 33 heavy (non-hydrogen) atoms. The fraction of sp³-hybridized carbons (Fsp3) is 0.208.